The second kappa shape index (κ2) is 6.79. The van der Waals surface area contributed by atoms with Crippen molar-refractivity contribution in [2.75, 3.05) is 0 Å². The summed E-state index contributed by atoms with van der Waals surface area (Å²) in [5.41, 5.74) is 15.6. The lowest BCUT2D eigenvalue weighted by atomic mass is 9.94. The summed E-state index contributed by atoms with van der Waals surface area (Å²) in [7, 11) is 0. The van der Waals surface area contributed by atoms with Gasteiger partial charge in [-0.3, -0.25) is 0 Å². The highest BCUT2D eigenvalue weighted by Crippen LogP contribution is 2.18. The van der Waals surface area contributed by atoms with E-state index >= 15 is 0 Å². The Hall–Kier alpha value is -1.84. The molecule has 0 fully saturated rings. The molecule has 18 heavy (non-hydrogen) atoms. The van der Waals surface area contributed by atoms with Crippen molar-refractivity contribution in [3.63, 3.8) is 0 Å². The van der Waals surface area contributed by atoms with Gasteiger partial charge < -0.3 is 11.5 Å². The first-order chi connectivity index (χ1) is 8.62. The Bertz CT molecular complexity index is 432. The largest absolute Gasteiger partial charge is 0.369 e. The van der Waals surface area contributed by atoms with E-state index in [4.69, 9.17) is 11.5 Å². The van der Waals surface area contributed by atoms with Crippen LogP contribution in [0.2, 0.25) is 0 Å². The Labute approximate surface area is 109 Å². The number of nitrogens with zero attached hydrogens (tertiary/aromatic N) is 2. The fourth-order valence-electron chi connectivity index (χ4n) is 1.96. The van der Waals surface area contributed by atoms with Crippen molar-refractivity contribution in [2.24, 2.45) is 21.7 Å². The van der Waals surface area contributed by atoms with Crippen molar-refractivity contribution in [1.82, 2.24) is 0 Å². The summed E-state index contributed by atoms with van der Waals surface area (Å²) in [6.45, 7) is 6.46. The fraction of sp³-hybridized carbons (Fsp3) is 0.429. The monoisotopic (exact) mass is 246 g/mol. The average Bonchev–Trinajstić information content (AvgIpc) is 2.37. The van der Waals surface area contributed by atoms with E-state index in [9.17, 15) is 0 Å². The molecule has 98 valence electrons. The molecule has 0 unspecified atom stereocenters. The lowest BCUT2D eigenvalue weighted by Gasteiger charge is -2.11. The van der Waals surface area contributed by atoms with Crippen LogP contribution in [-0.4, -0.2) is 12.2 Å². The van der Waals surface area contributed by atoms with Crippen LogP contribution in [0.1, 0.15) is 43.0 Å². The minimum Gasteiger partial charge on any atom is -0.369 e. The molecule has 4 N–H and O–H groups in total. The first kappa shape index (κ1) is 14.2. The highest BCUT2D eigenvalue weighted by Gasteiger charge is 2.06. The van der Waals surface area contributed by atoms with Crippen LogP contribution in [0.3, 0.4) is 0 Å². The van der Waals surface area contributed by atoms with E-state index in [2.05, 4.69) is 43.1 Å². The number of benzene rings is 1. The van der Waals surface area contributed by atoms with Crippen LogP contribution in [0.15, 0.2) is 22.3 Å². The minimum absolute atomic E-state index is 0.0208. The zero-order valence-electron chi connectivity index (χ0n) is 11.4. The van der Waals surface area contributed by atoms with Crippen LogP contribution in [-0.2, 0) is 19.3 Å². The standard InChI is InChI=1S/C14H22N4/c1-4-10-7-11(5-2)13(12(6-3)8-10)9-17-18-14(15)16/h7-9H,4-6H2,1-3H3,(H4,15,16,18). The van der Waals surface area contributed by atoms with E-state index in [1.165, 1.54) is 16.7 Å². The van der Waals surface area contributed by atoms with Crippen molar-refractivity contribution in [2.45, 2.75) is 40.0 Å². The summed E-state index contributed by atoms with van der Waals surface area (Å²) >= 11 is 0. The lowest BCUT2D eigenvalue weighted by molar-refractivity contribution is 1.03. The second-order valence-electron chi connectivity index (χ2n) is 4.16. The third-order valence-corrected chi connectivity index (χ3v) is 2.94. The van der Waals surface area contributed by atoms with Crippen LogP contribution in [0, 0.1) is 0 Å². The summed E-state index contributed by atoms with van der Waals surface area (Å²) in [6.07, 6.45) is 4.75. The molecule has 0 aliphatic heterocycles. The zero-order valence-corrected chi connectivity index (χ0v) is 11.4. The Kier molecular flexibility index (Phi) is 5.36. The first-order valence-corrected chi connectivity index (χ1v) is 6.38. The van der Waals surface area contributed by atoms with Gasteiger partial charge in [-0.15, -0.1) is 5.10 Å². The molecule has 0 saturated heterocycles. The molecule has 1 aromatic carbocycles. The number of hydrogen-bond donors (Lipinski definition) is 2. The Balaban J connectivity index is 3.22. The van der Waals surface area contributed by atoms with Gasteiger partial charge in [0.15, 0.2) is 0 Å². The molecule has 0 saturated carbocycles. The number of hydrogen-bond acceptors (Lipinski definition) is 2. The van der Waals surface area contributed by atoms with Crippen molar-refractivity contribution < 1.29 is 0 Å². The quantitative estimate of drug-likeness (QED) is 0.473. The zero-order chi connectivity index (χ0) is 13.5. The van der Waals surface area contributed by atoms with Gasteiger partial charge in [0.05, 0.1) is 6.21 Å². The number of aryl methyl sites for hydroxylation is 3. The first-order valence-electron chi connectivity index (χ1n) is 6.38. The molecule has 1 aromatic rings. The fourth-order valence-corrected chi connectivity index (χ4v) is 1.96. The summed E-state index contributed by atoms with van der Waals surface area (Å²) in [5, 5.41) is 7.58. The highest BCUT2D eigenvalue weighted by atomic mass is 15.3. The van der Waals surface area contributed by atoms with Gasteiger partial charge in [-0.2, -0.15) is 5.10 Å². The molecule has 0 spiro atoms. The maximum atomic E-state index is 5.26. The summed E-state index contributed by atoms with van der Waals surface area (Å²) in [4.78, 5) is 0. The van der Waals surface area contributed by atoms with Crippen molar-refractivity contribution in [1.29, 1.82) is 0 Å². The molecule has 0 aliphatic carbocycles. The van der Waals surface area contributed by atoms with Gasteiger partial charge in [0, 0.05) is 5.56 Å². The predicted molar refractivity (Wildman–Crippen MR) is 78.0 cm³/mol. The molecular weight excluding hydrogens is 224 g/mol. The van der Waals surface area contributed by atoms with Gasteiger partial charge >= 0.3 is 0 Å². The smallest absolute Gasteiger partial charge is 0.211 e. The van der Waals surface area contributed by atoms with E-state index in [-0.39, 0.29) is 5.96 Å². The van der Waals surface area contributed by atoms with Crippen molar-refractivity contribution in [3.05, 3.63) is 34.4 Å². The number of nitrogens with two attached hydrogens (primary N) is 2. The molecule has 0 bridgehead atoms. The van der Waals surface area contributed by atoms with Crippen LogP contribution in [0.5, 0.6) is 0 Å². The van der Waals surface area contributed by atoms with Crippen LogP contribution in [0.4, 0.5) is 0 Å². The second-order valence-corrected chi connectivity index (χ2v) is 4.16. The normalized spacial score (nSPS) is 10.8. The van der Waals surface area contributed by atoms with Crippen LogP contribution >= 0.6 is 0 Å². The van der Waals surface area contributed by atoms with Crippen molar-refractivity contribution in [3.8, 4) is 0 Å². The number of guanidine groups is 1. The third kappa shape index (κ3) is 3.58. The molecule has 0 aliphatic rings. The SMILES string of the molecule is CCc1cc(CC)c(C=NN=C(N)N)c(CC)c1. The summed E-state index contributed by atoms with van der Waals surface area (Å²) in [5.74, 6) is -0.0208. The topological polar surface area (TPSA) is 76.8 Å². The van der Waals surface area contributed by atoms with Crippen LogP contribution < -0.4 is 11.5 Å². The van der Waals surface area contributed by atoms with Gasteiger partial charge in [-0.05, 0) is 36.0 Å². The molecule has 0 heterocycles. The minimum atomic E-state index is -0.0208. The van der Waals surface area contributed by atoms with Gasteiger partial charge in [0.2, 0.25) is 5.96 Å². The van der Waals surface area contributed by atoms with E-state index in [0.717, 1.165) is 24.8 Å². The predicted octanol–water partition coefficient (Wildman–Crippen LogP) is 1.98. The molecule has 0 atom stereocenters. The summed E-state index contributed by atoms with van der Waals surface area (Å²) < 4.78 is 0. The van der Waals surface area contributed by atoms with Crippen molar-refractivity contribution >= 4 is 12.2 Å². The third-order valence-electron chi connectivity index (χ3n) is 2.94. The Morgan fingerprint density at radius 3 is 2.00 bits per heavy atom. The maximum absolute atomic E-state index is 5.26. The van der Waals surface area contributed by atoms with E-state index < -0.39 is 0 Å². The van der Waals surface area contributed by atoms with Crippen LogP contribution in [0.25, 0.3) is 0 Å². The molecule has 0 amide bonds. The average molecular weight is 246 g/mol. The molecule has 0 radical (unpaired) electrons. The van der Waals surface area contributed by atoms with E-state index in [1.807, 2.05) is 0 Å². The molecule has 4 heteroatoms. The Morgan fingerprint density at radius 2 is 1.61 bits per heavy atom. The molecule has 0 aromatic heterocycles. The molecular formula is C14H22N4. The van der Waals surface area contributed by atoms with E-state index in [1.54, 1.807) is 6.21 Å². The number of rotatable bonds is 5. The van der Waals surface area contributed by atoms with E-state index in [0.29, 0.717) is 0 Å². The highest BCUT2D eigenvalue weighted by molar-refractivity contribution is 5.85. The Morgan fingerprint density at radius 1 is 1.06 bits per heavy atom. The van der Waals surface area contributed by atoms with Gasteiger partial charge in [0.1, 0.15) is 0 Å². The lowest BCUT2D eigenvalue weighted by Crippen LogP contribution is -2.21. The molecule has 1 rings (SSSR count). The maximum Gasteiger partial charge on any atom is 0.211 e. The van der Waals surface area contributed by atoms with Gasteiger partial charge in [-0.25, -0.2) is 0 Å². The summed E-state index contributed by atoms with van der Waals surface area (Å²) in [6, 6.07) is 4.46. The van der Waals surface area contributed by atoms with Gasteiger partial charge in [-0.1, -0.05) is 32.9 Å². The molecule has 4 nitrogen and oxygen atoms in total. The van der Waals surface area contributed by atoms with Gasteiger partial charge in [0.25, 0.3) is 0 Å².